The number of fused-ring (bicyclic) bond motifs is 1. The van der Waals surface area contributed by atoms with Crippen LogP contribution in [0.1, 0.15) is 51.8 Å². The molecule has 0 fully saturated rings. The van der Waals surface area contributed by atoms with Crippen molar-refractivity contribution in [3.8, 4) is 0 Å². The van der Waals surface area contributed by atoms with Gasteiger partial charge in [-0.15, -0.1) is 0 Å². The minimum absolute atomic E-state index is 0.372. The Bertz CT molecular complexity index is 815. The predicted octanol–water partition coefficient (Wildman–Crippen LogP) is 2.87. The zero-order chi connectivity index (χ0) is 18.2. The van der Waals surface area contributed by atoms with Crippen molar-refractivity contribution >= 4 is 11.9 Å². The molecular formula is C18H23N5O2. The average molecular weight is 341 g/mol. The number of aryl methyl sites for hydroxylation is 1. The lowest BCUT2D eigenvalue weighted by atomic mass is 9.94. The number of nitrogens with one attached hydrogen (secondary N) is 1. The summed E-state index contributed by atoms with van der Waals surface area (Å²) in [7, 11) is 0. The van der Waals surface area contributed by atoms with Crippen LogP contribution in [0.4, 0.5) is 5.95 Å². The van der Waals surface area contributed by atoms with Gasteiger partial charge in [-0.1, -0.05) is 36.3 Å². The van der Waals surface area contributed by atoms with Gasteiger partial charge in [-0.05, 0) is 55.7 Å². The fourth-order valence-electron chi connectivity index (χ4n) is 2.85. The highest BCUT2D eigenvalue weighted by molar-refractivity contribution is 5.92. The monoisotopic (exact) mass is 341 g/mol. The van der Waals surface area contributed by atoms with Crippen molar-refractivity contribution in [1.82, 2.24) is 20.2 Å². The third-order valence-corrected chi connectivity index (χ3v) is 4.04. The highest BCUT2D eigenvalue weighted by Crippen LogP contribution is 2.35. The van der Waals surface area contributed by atoms with Crippen LogP contribution in [-0.2, 0) is 16.0 Å². The van der Waals surface area contributed by atoms with Gasteiger partial charge >= 0.3 is 5.97 Å². The molecule has 0 radical (unpaired) electrons. The molecule has 1 atom stereocenters. The minimum atomic E-state index is -0.581. The standard InChI is InChI=1S/C18H23N5O2/c1-6-12-7-9-13(10-8-12)15-14(16(24)25-18(3,4)5)11(2)19-17-20-21-22-23(15)17/h7-10,15H,6H2,1-5H3,(H,19,20,22). The number of anilines is 1. The van der Waals surface area contributed by atoms with Crippen molar-refractivity contribution in [2.45, 2.75) is 52.7 Å². The Morgan fingerprint density at radius 2 is 1.96 bits per heavy atom. The number of carbonyl (C=O) groups is 1. The number of nitrogens with zero attached hydrogens (tertiary/aromatic N) is 4. The molecule has 0 saturated carbocycles. The lowest BCUT2D eigenvalue weighted by molar-refractivity contribution is -0.150. The van der Waals surface area contributed by atoms with Crippen molar-refractivity contribution in [3.63, 3.8) is 0 Å². The molecule has 0 spiro atoms. The van der Waals surface area contributed by atoms with Crippen LogP contribution in [0.15, 0.2) is 35.5 Å². The van der Waals surface area contributed by atoms with Crippen LogP contribution in [0.3, 0.4) is 0 Å². The van der Waals surface area contributed by atoms with Gasteiger partial charge in [0.2, 0.25) is 5.95 Å². The van der Waals surface area contributed by atoms with Crippen molar-refractivity contribution in [2.24, 2.45) is 0 Å². The second-order valence-corrected chi connectivity index (χ2v) is 7.11. The lowest BCUT2D eigenvalue weighted by Gasteiger charge is -2.29. The van der Waals surface area contributed by atoms with Crippen LogP contribution in [-0.4, -0.2) is 31.8 Å². The molecule has 3 rings (SSSR count). The van der Waals surface area contributed by atoms with E-state index < -0.39 is 11.6 Å². The number of esters is 1. The third-order valence-electron chi connectivity index (χ3n) is 4.04. The molecule has 7 heteroatoms. The Morgan fingerprint density at radius 1 is 1.28 bits per heavy atom. The zero-order valence-electron chi connectivity index (χ0n) is 15.2. The Kier molecular flexibility index (Phi) is 4.32. The van der Waals surface area contributed by atoms with E-state index in [0.29, 0.717) is 17.2 Å². The van der Waals surface area contributed by atoms with E-state index in [0.717, 1.165) is 12.0 Å². The molecular weight excluding hydrogens is 318 g/mol. The van der Waals surface area contributed by atoms with E-state index in [-0.39, 0.29) is 5.97 Å². The number of hydrogen-bond acceptors (Lipinski definition) is 6. The molecule has 1 aliphatic heterocycles. The van der Waals surface area contributed by atoms with E-state index in [1.54, 1.807) is 4.68 Å². The van der Waals surface area contributed by atoms with Crippen molar-refractivity contribution in [2.75, 3.05) is 5.32 Å². The van der Waals surface area contributed by atoms with Crippen LogP contribution in [0.25, 0.3) is 0 Å². The average Bonchev–Trinajstić information content (AvgIpc) is 2.99. The van der Waals surface area contributed by atoms with Crippen molar-refractivity contribution in [3.05, 3.63) is 46.7 Å². The molecule has 1 aromatic heterocycles. The summed E-state index contributed by atoms with van der Waals surface area (Å²) in [5.41, 5.74) is 2.80. The molecule has 1 unspecified atom stereocenters. The Hall–Kier alpha value is -2.70. The summed E-state index contributed by atoms with van der Waals surface area (Å²) in [6.45, 7) is 9.50. The van der Waals surface area contributed by atoms with Crippen molar-refractivity contribution in [1.29, 1.82) is 0 Å². The first-order valence-electron chi connectivity index (χ1n) is 8.38. The molecule has 1 aromatic carbocycles. The Labute approximate surface area is 147 Å². The van der Waals surface area contributed by atoms with E-state index in [9.17, 15) is 4.79 Å². The molecule has 2 aromatic rings. The number of tetrazole rings is 1. The van der Waals surface area contributed by atoms with Crippen molar-refractivity contribution < 1.29 is 9.53 Å². The molecule has 1 N–H and O–H groups in total. The fraction of sp³-hybridized carbons (Fsp3) is 0.444. The molecule has 0 saturated heterocycles. The highest BCUT2D eigenvalue weighted by atomic mass is 16.6. The summed E-state index contributed by atoms with van der Waals surface area (Å²) in [6.07, 6.45) is 0.955. The highest BCUT2D eigenvalue weighted by Gasteiger charge is 2.36. The first kappa shape index (κ1) is 17.1. The van der Waals surface area contributed by atoms with Gasteiger partial charge in [0.05, 0.1) is 5.57 Å². The smallest absolute Gasteiger partial charge is 0.338 e. The van der Waals surface area contributed by atoms with Gasteiger partial charge < -0.3 is 10.1 Å². The van der Waals surface area contributed by atoms with Gasteiger partial charge in [0.25, 0.3) is 0 Å². The number of ether oxygens (including phenoxy) is 1. The zero-order valence-corrected chi connectivity index (χ0v) is 15.2. The van der Waals surface area contributed by atoms with Crippen LogP contribution in [0.5, 0.6) is 0 Å². The van der Waals surface area contributed by atoms with Crippen LogP contribution >= 0.6 is 0 Å². The predicted molar refractivity (Wildman–Crippen MR) is 93.9 cm³/mol. The number of allylic oxidation sites excluding steroid dienone is 1. The van der Waals surface area contributed by atoms with Gasteiger partial charge in [-0.3, -0.25) is 0 Å². The molecule has 1 aliphatic rings. The number of carbonyl (C=O) groups excluding carboxylic acids is 1. The van der Waals surface area contributed by atoms with Crippen LogP contribution < -0.4 is 5.32 Å². The topological polar surface area (TPSA) is 81.9 Å². The van der Waals surface area contributed by atoms with Gasteiger partial charge in [-0.25, -0.2) is 4.79 Å². The normalized spacial score (nSPS) is 17.1. The van der Waals surface area contributed by atoms with Gasteiger partial charge in [0.15, 0.2) is 0 Å². The maximum atomic E-state index is 12.9. The summed E-state index contributed by atoms with van der Waals surface area (Å²) >= 11 is 0. The fourth-order valence-corrected chi connectivity index (χ4v) is 2.85. The van der Waals surface area contributed by atoms with Gasteiger partial charge in [0.1, 0.15) is 11.6 Å². The van der Waals surface area contributed by atoms with Gasteiger partial charge in [0, 0.05) is 5.70 Å². The minimum Gasteiger partial charge on any atom is -0.456 e. The Morgan fingerprint density at radius 3 is 2.56 bits per heavy atom. The van der Waals surface area contributed by atoms with E-state index in [4.69, 9.17) is 4.74 Å². The second-order valence-electron chi connectivity index (χ2n) is 7.11. The number of aromatic nitrogens is 4. The molecule has 0 bridgehead atoms. The molecule has 0 amide bonds. The van der Waals surface area contributed by atoms with E-state index in [2.05, 4.69) is 39.9 Å². The van der Waals surface area contributed by atoms with E-state index >= 15 is 0 Å². The number of benzene rings is 1. The summed E-state index contributed by atoms with van der Waals surface area (Å²) in [4.78, 5) is 12.9. The SMILES string of the molecule is CCc1ccc(C2C(C(=O)OC(C)(C)C)=C(C)Nc3nnnn32)cc1. The summed E-state index contributed by atoms with van der Waals surface area (Å²) in [6, 6.07) is 7.72. The third kappa shape index (κ3) is 3.40. The molecule has 25 heavy (non-hydrogen) atoms. The second kappa shape index (κ2) is 6.31. The molecule has 2 heterocycles. The van der Waals surface area contributed by atoms with Crippen LogP contribution in [0.2, 0.25) is 0 Å². The number of hydrogen-bond donors (Lipinski definition) is 1. The van der Waals surface area contributed by atoms with Gasteiger partial charge in [-0.2, -0.15) is 4.68 Å². The van der Waals surface area contributed by atoms with Crippen LogP contribution in [0, 0.1) is 0 Å². The maximum absolute atomic E-state index is 12.9. The summed E-state index contributed by atoms with van der Waals surface area (Å²) < 4.78 is 7.24. The number of rotatable bonds is 3. The first-order chi connectivity index (χ1) is 11.8. The largest absolute Gasteiger partial charge is 0.456 e. The Balaban J connectivity index is 2.08. The molecule has 0 aliphatic carbocycles. The van der Waals surface area contributed by atoms with E-state index in [1.807, 2.05) is 39.8 Å². The first-order valence-corrected chi connectivity index (χ1v) is 8.38. The quantitative estimate of drug-likeness (QED) is 0.865. The molecule has 7 nitrogen and oxygen atoms in total. The molecule has 132 valence electrons. The summed E-state index contributed by atoms with van der Waals surface area (Å²) in [5.74, 6) is 0.137. The lowest BCUT2D eigenvalue weighted by Crippen LogP contribution is -2.33. The maximum Gasteiger partial charge on any atom is 0.338 e. The van der Waals surface area contributed by atoms with E-state index in [1.165, 1.54) is 5.56 Å². The summed E-state index contributed by atoms with van der Waals surface area (Å²) in [5, 5.41) is 14.9.